The first-order chi connectivity index (χ1) is 23.3. The highest BCUT2D eigenvalue weighted by Crippen LogP contribution is 2.51. The number of aromatic nitrogens is 2. The molecule has 0 aliphatic carbocycles. The quantitative estimate of drug-likeness (QED) is 0.101. The number of unbranched alkanes of at least 4 members (excludes halogenated alkanes) is 1. The van der Waals surface area contributed by atoms with E-state index in [-0.39, 0.29) is 0 Å². The van der Waals surface area contributed by atoms with Crippen LogP contribution in [0.5, 0.6) is 0 Å². The van der Waals surface area contributed by atoms with Crippen molar-refractivity contribution in [1.29, 1.82) is 0 Å². The van der Waals surface area contributed by atoms with Crippen molar-refractivity contribution in [2.45, 2.75) is 38.8 Å². The van der Waals surface area contributed by atoms with E-state index in [1.54, 1.807) is 0 Å². The molecule has 0 amide bonds. The van der Waals surface area contributed by atoms with Gasteiger partial charge < -0.3 is 9.80 Å². The number of benzene rings is 4. The molecule has 232 valence electrons. The molecule has 0 N–H and O–H groups in total. The lowest BCUT2D eigenvalue weighted by atomic mass is 10.1. The molecule has 0 bridgehead atoms. The number of anilines is 5. The molecular weight excluding hydrogens is 573 g/mol. The molecule has 0 radical (unpaired) electrons. The normalized spacial score (nSPS) is 12.3. The Balaban J connectivity index is 0.921. The van der Waals surface area contributed by atoms with E-state index in [4.69, 9.17) is 0 Å². The lowest BCUT2D eigenvalue weighted by Crippen LogP contribution is -2.33. The molecule has 2 aromatic heterocycles. The first kappa shape index (κ1) is 30.2. The van der Waals surface area contributed by atoms with Crippen molar-refractivity contribution < 1.29 is 9.13 Å². The number of pyridine rings is 2. The van der Waals surface area contributed by atoms with E-state index in [0.717, 1.165) is 45.3 Å². The van der Waals surface area contributed by atoms with Gasteiger partial charge in [0.1, 0.15) is 13.1 Å². The minimum absolute atomic E-state index is 0.974. The zero-order chi connectivity index (χ0) is 31.7. The molecule has 4 heteroatoms. The SMILES string of the molecule is C(=Cc1cc[n+](CCCc2ccccc2)cc1)c1cc[n+](CCCCN2c3ccccc3N(c3ccccc3)c3ccccc32)cc1. The lowest BCUT2D eigenvalue weighted by molar-refractivity contribution is -0.697. The van der Waals surface area contributed by atoms with Gasteiger partial charge in [0.2, 0.25) is 0 Å². The van der Waals surface area contributed by atoms with Crippen molar-refractivity contribution in [2.75, 3.05) is 16.3 Å². The Morgan fingerprint density at radius 2 is 0.915 bits per heavy atom. The fourth-order valence-corrected chi connectivity index (χ4v) is 6.44. The van der Waals surface area contributed by atoms with Crippen molar-refractivity contribution in [2.24, 2.45) is 0 Å². The van der Waals surface area contributed by atoms with Crippen molar-refractivity contribution in [1.82, 2.24) is 0 Å². The van der Waals surface area contributed by atoms with E-state index in [0.29, 0.717) is 0 Å². The van der Waals surface area contributed by atoms with Crippen LogP contribution in [-0.4, -0.2) is 6.54 Å². The van der Waals surface area contributed by atoms with Gasteiger partial charge >= 0.3 is 0 Å². The average Bonchev–Trinajstić information content (AvgIpc) is 3.14. The van der Waals surface area contributed by atoms with Crippen LogP contribution < -0.4 is 18.9 Å². The second kappa shape index (κ2) is 14.7. The van der Waals surface area contributed by atoms with Crippen LogP contribution in [0.25, 0.3) is 12.2 Å². The Kier molecular flexibility index (Phi) is 9.47. The van der Waals surface area contributed by atoms with Gasteiger partial charge in [0, 0.05) is 49.3 Å². The van der Waals surface area contributed by atoms with Crippen LogP contribution in [0.4, 0.5) is 28.4 Å². The second-order valence-electron chi connectivity index (χ2n) is 12.2. The van der Waals surface area contributed by atoms with Crippen LogP contribution in [0.2, 0.25) is 0 Å². The molecule has 7 rings (SSSR count). The molecule has 0 saturated carbocycles. The van der Waals surface area contributed by atoms with Crippen molar-refractivity contribution in [3.63, 3.8) is 0 Å². The zero-order valence-electron chi connectivity index (χ0n) is 26.9. The van der Waals surface area contributed by atoms with Crippen LogP contribution in [0, 0.1) is 0 Å². The summed E-state index contributed by atoms with van der Waals surface area (Å²) in [5.41, 5.74) is 9.99. The summed E-state index contributed by atoms with van der Waals surface area (Å²) in [7, 11) is 0. The number of hydrogen-bond acceptors (Lipinski definition) is 2. The third-order valence-electron chi connectivity index (χ3n) is 8.92. The molecule has 4 aromatic carbocycles. The van der Waals surface area contributed by atoms with Gasteiger partial charge in [-0.1, -0.05) is 84.9 Å². The predicted octanol–water partition coefficient (Wildman–Crippen LogP) is 9.47. The maximum absolute atomic E-state index is 2.50. The number of fused-ring (bicyclic) bond motifs is 2. The summed E-state index contributed by atoms with van der Waals surface area (Å²) in [6.07, 6.45) is 17.6. The number of nitrogens with zero attached hydrogens (tertiary/aromatic N) is 4. The molecule has 47 heavy (non-hydrogen) atoms. The van der Waals surface area contributed by atoms with Gasteiger partial charge in [0.15, 0.2) is 24.8 Å². The van der Waals surface area contributed by atoms with Crippen molar-refractivity contribution in [3.8, 4) is 0 Å². The number of para-hydroxylation sites is 5. The Morgan fingerprint density at radius 3 is 1.47 bits per heavy atom. The molecule has 1 aliphatic heterocycles. The van der Waals surface area contributed by atoms with Crippen LogP contribution in [0.3, 0.4) is 0 Å². The molecule has 0 atom stereocenters. The van der Waals surface area contributed by atoms with Crippen LogP contribution >= 0.6 is 0 Å². The topological polar surface area (TPSA) is 14.2 Å². The summed E-state index contributed by atoms with van der Waals surface area (Å²) in [6.45, 7) is 3.01. The summed E-state index contributed by atoms with van der Waals surface area (Å²) in [5.74, 6) is 0. The van der Waals surface area contributed by atoms with Gasteiger partial charge in [-0.15, -0.1) is 0 Å². The third-order valence-corrected chi connectivity index (χ3v) is 8.92. The molecule has 6 aromatic rings. The Labute approximate surface area is 279 Å². The van der Waals surface area contributed by atoms with E-state index >= 15 is 0 Å². The molecule has 0 unspecified atom stereocenters. The van der Waals surface area contributed by atoms with Crippen LogP contribution in [-0.2, 0) is 19.5 Å². The standard InChI is InChI=1S/C43H42N4/c1-3-14-36(15-4-1)16-13-30-45-34-27-38(28-35-45)24-23-37-25-32-44(33-26-37)29-11-12-31-46-40-19-7-9-21-42(40)47(39-17-5-2-6-18-39)43-22-10-8-20-41(43)46/h1-10,14-15,17-28,32-35H,11-13,16,29-31H2/q+2. The van der Waals surface area contributed by atoms with Crippen LogP contribution in [0.15, 0.2) is 158 Å². The summed E-state index contributed by atoms with van der Waals surface area (Å²) < 4.78 is 4.57. The molecule has 0 saturated heterocycles. The van der Waals surface area contributed by atoms with E-state index in [1.165, 1.54) is 45.1 Å². The number of hydrogen-bond donors (Lipinski definition) is 0. The summed E-state index contributed by atoms with van der Waals surface area (Å²) >= 11 is 0. The Bertz CT molecular complexity index is 1850. The molecule has 3 heterocycles. The minimum atomic E-state index is 0.974. The smallest absolute Gasteiger partial charge is 0.169 e. The molecule has 4 nitrogen and oxygen atoms in total. The summed E-state index contributed by atoms with van der Waals surface area (Å²) in [4.78, 5) is 4.88. The zero-order valence-corrected chi connectivity index (χ0v) is 26.9. The number of rotatable bonds is 12. The van der Waals surface area contributed by atoms with Gasteiger partial charge in [0.25, 0.3) is 0 Å². The molecule has 0 spiro atoms. The Morgan fingerprint density at radius 1 is 0.447 bits per heavy atom. The van der Waals surface area contributed by atoms with E-state index < -0.39 is 0 Å². The molecule has 0 fully saturated rings. The molecular formula is C43H42N4+2. The van der Waals surface area contributed by atoms with E-state index in [9.17, 15) is 0 Å². The fraction of sp³-hybridized carbons (Fsp3) is 0.163. The highest BCUT2D eigenvalue weighted by molar-refractivity contribution is 5.97. The highest BCUT2D eigenvalue weighted by atomic mass is 15.3. The largest absolute Gasteiger partial charge is 0.338 e. The number of aryl methyl sites for hydroxylation is 3. The van der Waals surface area contributed by atoms with E-state index in [1.807, 2.05) is 0 Å². The van der Waals surface area contributed by atoms with Gasteiger partial charge in [0.05, 0.1) is 22.7 Å². The first-order valence-electron chi connectivity index (χ1n) is 16.8. The van der Waals surface area contributed by atoms with Gasteiger partial charge in [-0.3, -0.25) is 0 Å². The summed E-state index contributed by atoms with van der Waals surface area (Å²) in [6, 6.07) is 47.8. The fourth-order valence-electron chi connectivity index (χ4n) is 6.44. The monoisotopic (exact) mass is 614 g/mol. The predicted molar refractivity (Wildman–Crippen MR) is 194 cm³/mol. The lowest BCUT2D eigenvalue weighted by Gasteiger charge is -2.40. The first-order valence-corrected chi connectivity index (χ1v) is 16.8. The molecule has 1 aliphatic rings. The third kappa shape index (κ3) is 7.34. The van der Waals surface area contributed by atoms with E-state index in [2.05, 4.69) is 189 Å². The maximum atomic E-state index is 2.50. The van der Waals surface area contributed by atoms with Crippen molar-refractivity contribution >= 4 is 40.6 Å². The highest BCUT2D eigenvalue weighted by Gasteiger charge is 2.28. The van der Waals surface area contributed by atoms with Gasteiger partial charge in [-0.05, 0) is 65.9 Å². The van der Waals surface area contributed by atoms with Gasteiger partial charge in [-0.2, -0.15) is 0 Å². The average molecular weight is 615 g/mol. The van der Waals surface area contributed by atoms with Crippen LogP contribution in [0.1, 0.15) is 36.0 Å². The minimum Gasteiger partial charge on any atom is -0.338 e. The summed E-state index contributed by atoms with van der Waals surface area (Å²) in [5, 5.41) is 0. The maximum Gasteiger partial charge on any atom is 0.169 e. The Hall–Kier alpha value is -5.48. The second-order valence-corrected chi connectivity index (χ2v) is 12.2. The van der Waals surface area contributed by atoms with Crippen molar-refractivity contribution in [3.05, 3.63) is 175 Å². The van der Waals surface area contributed by atoms with Gasteiger partial charge in [-0.25, -0.2) is 9.13 Å².